The third kappa shape index (κ3) is 15.0. The molecule has 0 aromatic heterocycles. The number of esters is 6. The molecule has 0 aliphatic carbocycles. The highest BCUT2D eigenvalue weighted by molar-refractivity contribution is 6.02. The molecule has 0 bridgehead atoms. The van der Waals surface area contributed by atoms with Crippen molar-refractivity contribution in [1.82, 2.24) is 10.6 Å². The van der Waals surface area contributed by atoms with E-state index in [2.05, 4.69) is 10.6 Å². The van der Waals surface area contributed by atoms with Crippen LogP contribution in [0.15, 0.2) is 35.4 Å². The van der Waals surface area contributed by atoms with Gasteiger partial charge in [0.2, 0.25) is 11.5 Å². The first-order chi connectivity index (χ1) is 25.9. The van der Waals surface area contributed by atoms with Gasteiger partial charge in [0.1, 0.15) is 23.3 Å². The van der Waals surface area contributed by atoms with Gasteiger partial charge in [0.15, 0.2) is 23.0 Å². The zero-order valence-electron chi connectivity index (χ0n) is 30.6. The van der Waals surface area contributed by atoms with Gasteiger partial charge >= 0.3 is 35.8 Å². The fourth-order valence-corrected chi connectivity index (χ4v) is 4.42. The monoisotopic (exact) mass is 760 g/mol. The van der Waals surface area contributed by atoms with Gasteiger partial charge in [-0.3, -0.25) is 38.4 Å². The van der Waals surface area contributed by atoms with Crippen LogP contribution < -0.4 is 39.1 Å². The molecule has 0 radical (unpaired) electrons. The smallest absolute Gasteiger partial charge is 0.308 e. The molecule has 0 spiro atoms. The number of carbonyl (C=O) groups is 8. The Morgan fingerprint density at radius 1 is 0.491 bits per heavy atom. The van der Waals surface area contributed by atoms with E-state index in [1.807, 2.05) is 0 Å². The second-order valence-corrected chi connectivity index (χ2v) is 11.2. The third-order valence-electron chi connectivity index (χ3n) is 6.37. The Balaban J connectivity index is 2.07. The summed E-state index contributed by atoms with van der Waals surface area (Å²) in [5.74, 6) is -8.18. The van der Waals surface area contributed by atoms with Crippen molar-refractivity contribution in [3.8, 4) is 46.6 Å². The molecule has 2 aromatic rings. The first-order valence-corrected chi connectivity index (χ1v) is 16.2. The number of amides is 2. The Hall–Kier alpha value is -7.34. The number of ether oxygens (including phenoxy) is 6. The quantitative estimate of drug-likeness (QED) is 0.0818. The topological polar surface area (TPSA) is 264 Å². The van der Waals surface area contributed by atoms with Crippen LogP contribution in [0.2, 0.25) is 0 Å². The molecular weight excluding hydrogens is 724 g/mol. The minimum absolute atomic E-state index is 0.102. The number of carbonyl (C=O) groups excluding carboxylic acids is 8. The highest BCUT2D eigenvalue weighted by atomic mass is 16.6. The molecule has 2 N–H and O–H groups in total. The summed E-state index contributed by atoms with van der Waals surface area (Å²) in [4.78, 5) is 95.5. The van der Waals surface area contributed by atoms with Crippen molar-refractivity contribution in [2.45, 2.75) is 60.8 Å². The van der Waals surface area contributed by atoms with E-state index < -0.39 is 47.6 Å². The SMILES string of the molecule is CC(=O)Oc1cc(/C=C(/C#N)C(=O)NCCCCCNC(=O)/C(C#N)=C/c2cc(OC(C)=O)c(OC(C)=O)c(OC(C)=O)c2)cc(OC(C)=O)c1OC(C)=O. The molecule has 0 aliphatic heterocycles. The summed E-state index contributed by atoms with van der Waals surface area (Å²) >= 11 is 0. The first-order valence-electron chi connectivity index (χ1n) is 16.2. The Bertz CT molecular complexity index is 1820. The minimum atomic E-state index is -0.802. The summed E-state index contributed by atoms with van der Waals surface area (Å²) in [6, 6.07) is 8.36. The lowest BCUT2D eigenvalue weighted by Gasteiger charge is -2.14. The van der Waals surface area contributed by atoms with Crippen LogP contribution in [0.4, 0.5) is 0 Å². The number of hydrogen-bond donors (Lipinski definition) is 2. The number of hydrogen-bond acceptors (Lipinski definition) is 16. The van der Waals surface area contributed by atoms with Crippen LogP contribution in [-0.2, 0) is 38.4 Å². The number of rotatable bonds is 16. The molecule has 0 atom stereocenters. The molecule has 18 nitrogen and oxygen atoms in total. The maximum absolute atomic E-state index is 12.8. The van der Waals surface area contributed by atoms with Gasteiger partial charge in [-0.1, -0.05) is 0 Å². The number of nitrogens with zero attached hydrogens (tertiary/aromatic N) is 2. The summed E-state index contributed by atoms with van der Waals surface area (Å²) < 4.78 is 30.5. The molecule has 0 heterocycles. The predicted molar refractivity (Wildman–Crippen MR) is 188 cm³/mol. The molecule has 0 fully saturated rings. The second kappa shape index (κ2) is 21.2. The Morgan fingerprint density at radius 3 is 1.00 bits per heavy atom. The third-order valence-corrected chi connectivity index (χ3v) is 6.37. The lowest BCUT2D eigenvalue weighted by atomic mass is 10.1. The van der Waals surface area contributed by atoms with Crippen LogP contribution in [0, 0.1) is 22.7 Å². The second-order valence-electron chi connectivity index (χ2n) is 11.2. The fraction of sp³-hybridized carbons (Fsp3) is 0.297. The molecule has 0 saturated carbocycles. The maximum atomic E-state index is 12.8. The zero-order chi connectivity index (χ0) is 41.2. The van der Waals surface area contributed by atoms with E-state index in [1.54, 1.807) is 12.1 Å². The van der Waals surface area contributed by atoms with Crippen LogP contribution in [0.5, 0.6) is 34.5 Å². The molecule has 18 heteroatoms. The minimum Gasteiger partial charge on any atom is -0.423 e. The van der Waals surface area contributed by atoms with E-state index in [0.29, 0.717) is 19.3 Å². The lowest BCUT2D eigenvalue weighted by molar-refractivity contribution is -0.135. The normalized spacial score (nSPS) is 10.8. The largest absolute Gasteiger partial charge is 0.423 e. The Kier molecular flexibility index (Phi) is 16.9. The molecule has 2 amide bonds. The van der Waals surface area contributed by atoms with Crippen LogP contribution in [0.1, 0.15) is 71.9 Å². The number of nitriles is 2. The van der Waals surface area contributed by atoms with Crippen molar-refractivity contribution in [3.05, 3.63) is 46.5 Å². The van der Waals surface area contributed by atoms with Gasteiger partial charge in [0.25, 0.3) is 11.8 Å². The van der Waals surface area contributed by atoms with E-state index in [9.17, 15) is 48.9 Å². The summed E-state index contributed by atoms with van der Waals surface area (Å²) in [5, 5.41) is 24.5. The van der Waals surface area contributed by atoms with Crippen LogP contribution >= 0.6 is 0 Å². The van der Waals surface area contributed by atoms with Gasteiger partial charge in [-0.15, -0.1) is 0 Å². The molecule has 2 rings (SSSR count). The average molecular weight is 761 g/mol. The summed E-state index contributed by atoms with van der Waals surface area (Å²) in [7, 11) is 0. The predicted octanol–water partition coefficient (Wildman–Crippen LogP) is 3.16. The van der Waals surface area contributed by atoms with Gasteiger partial charge in [-0.25, -0.2) is 0 Å². The molecule has 0 aliphatic rings. The van der Waals surface area contributed by atoms with E-state index >= 15 is 0 Å². The number of unbranched alkanes of at least 4 members (excludes halogenated alkanes) is 2. The van der Waals surface area contributed by atoms with Gasteiger partial charge in [0, 0.05) is 54.6 Å². The highest BCUT2D eigenvalue weighted by Crippen LogP contribution is 2.41. The number of nitrogens with one attached hydrogen (secondary N) is 2. The molecule has 0 unspecified atom stereocenters. The number of benzene rings is 2. The fourth-order valence-electron chi connectivity index (χ4n) is 4.42. The van der Waals surface area contributed by atoms with Crippen LogP contribution in [0.25, 0.3) is 12.2 Å². The zero-order valence-corrected chi connectivity index (χ0v) is 30.6. The van der Waals surface area contributed by atoms with E-state index in [4.69, 9.17) is 28.4 Å². The van der Waals surface area contributed by atoms with E-state index in [1.165, 1.54) is 24.3 Å². The maximum Gasteiger partial charge on any atom is 0.308 e. The summed E-state index contributed by atoms with van der Waals surface area (Å²) in [6.07, 6.45) is 3.65. The average Bonchev–Trinajstić information content (AvgIpc) is 3.07. The molecule has 55 heavy (non-hydrogen) atoms. The molecular formula is C37H36N4O14. The first kappa shape index (κ1) is 43.8. The van der Waals surface area contributed by atoms with Crippen molar-refractivity contribution in [2.24, 2.45) is 0 Å². The van der Waals surface area contributed by atoms with Crippen molar-refractivity contribution in [2.75, 3.05) is 13.1 Å². The highest BCUT2D eigenvalue weighted by Gasteiger charge is 2.22. The summed E-state index contributed by atoms with van der Waals surface area (Å²) in [5.41, 5.74) is -0.505. The van der Waals surface area contributed by atoms with Crippen molar-refractivity contribution >= 4 is 59.8 Å². The van der Waals surface area contributed by atoms with Crippen molar-refractivity contribution < 1.29 is 66.8 Å². The lowest BCUT2D eigenvalue weighted by Crippen LogP contribution is -2.27. The van der Waals surface area contributed by atoms with Crippen molar-refractivity contribution in [1.29, 1.82) is 10.5 Å². The van der Waals surface area contributed by atoms with Gasteiger partial charge in [-0.2, -0.15) is 10.5 Å². The van der Waals surface area contributed by atoms with Crippen molar-refractivity contribution in [3.63, 3.8) is 0 Å². The Labute approximate surface area is 314 Å². The van der Waals surface area contributed by atoms with E-state index in [-0.39, 0.29) is 69.9 Å². The standard InChI is InChI=1S/C37H36N4O14/c1-20(42)50-30-14-26(15-31(51-21(2)43)34(30)54-24(5)46)12-28(18-38)36(48)40-10-8-7-9-11-41-37(49)29(19-39)13-27-16-32(52-22(3)44)35(55-25(6)47)33(17-27)53-23(4)45/h12-17H,7-11H2,1-6H3,(H,40,48)(H,41,49)/b28-12-,29-13+. The van der Waals surface area contributed by atoms with E-state index in [0.717, 1.165) is 53.7 Å². The molecule has 2 aromatic carbocycles. The van der Waals surface area contributed by atoms with Crippen LogP contribution in [-0.4, -0.2) is 60.7 Å². The van der Waals surface area contributed by atoms with Gasteiger partial charge < -0.3 is 39.1 Å². The molecule has 288 valence electrons. The summed E-state index contributed by atoms with van der Waals surface area (Å²) in [6.45, 7) is 6.76. The van der Waals surface area contributed by atoms with Gasteiger partial charge in [-0.05, 0) is 66.8 Å². The Morgan fingerprint density at radius 2 is 0.764 bits per heavy atom. The van der Waals surface area contributed by atoms with Gasteiger partial charge in [0.05, 0.1) is 0 Å². The van der Waals surface area contributed by atoms with Crippen LogP contribution in [0.3, 0.4) is 0 Å². The molecule has 0 saturated heterocycles.